The summed E-state index contributed by atoms with van der Waals surface area (Å²) in [5.74, 6) is -0.116. The fraction of sp³-hybridized carbons (Fsp3) is 0.550. The van der Waals surface area contributed by atoms with Gasteiger partial charge in [-0.15, -0.1) is 0 Å². The Morgan fingerprint density at radius 1 is 1.23 bits per heavy atom. The summed E-state index contributed by atoms with van der Waals surface area (Å²) in [5.41, 5.74) is -0.0836. The lowest BCUT2D eigenvalue weighted by molar-refractivity contribution is -0.122. The molecule has 3 rings (SSSR count). The van der Waals surface area contributed by atoms with Crippen molar-refractivity contribution in [3.05, 3.63) is 29.8 Å². The molecule has 2 heterocycles. The number of likely N-dealkylation sites (tertiary alicyclic amines) is 1. The van der Waals surface area contributed by atoms with Crippen LogP contribution in [-0.4, -0.2) is 61.9 Å². The molecule has 2 aliphatic heterocycles. The third kappa shape index (κ3) is 5.10. The summed E-state index contributed by atoms with van der Waals surface area (Å²) in [7, 11) is -3.64. The molecule has 1 aromatic rings. The molecule has 0 saturated carbocycles. The Hall–Kier alpha value is -2.62. The van der Waals surface area contributed by atoms with Gasteiger partial charge in [0.2, 0.25) is 5.91 Å². The van der Waals surface area contributed by atoms with E-state index in [-0.39, 0.29) is 28.8 Å². The molecule has 9 nitrogen and oxygen atoms in total. The van der Waals surface area contributed by atoms with Gasteiger partial charge in [0.1, 0.15) is 17.5 Å². The molecule has 1 atom stereocenters. The summed E-state index contributed by atoms with van der Waals surface area (Å²) < 4.78 is 32.1. The molecule has 10 heteroatoms. The molecule has 1 aromatic carbocycles. The number of aliphatic imine (C=N–C) groups is 1. The van der Waals surface area contributed by atoms with Crippen LogP contribution in [0.3, 0.4) is 0 Å². The highest BCUT2D eigenvalue weighted by atomic mass is 32.2. The van der Waals surface area contributed by atoms with Gasteiger partial charge < -0.3 is 15.0 Å². The van der Waals surface area contributed by atoms with Crippen molar-refractivity contribution in [1.29, 1.82) is 0 Å². The Morgan fingerprint density at radius 2 is 1.87 bits per heavy atom. The molecule has 0 aliphatic carbocycles. The average molecular weight is 437 g/mol. The molecule has 164 valence electrons. The first kappa shape index (κ1) is 22.1. The maximum atomic E-state index is 12.6. The number of sulfonamides is 1. The topological polar surface area (TPSA) is 117 Å². The van der Waals surface area contributed by atoms with Gasteiger partial charge in [-0.1, -0.05) is 12.1 Å². The lowest BCUT2D eigenvalue weighted by atomic mass is 10.0. The van der Waals surface area contributed by atoms with Crippen LogP contribution in [0.4, 0.5) is 4.79 Å². The summed E-state index contributed by atoms with van der Waals surface area (Å²) in [6, 6.07) is 5.68. The van der Waals surface area contributed by atoms with Gasteiger partial charge in [0, 0.05) is 24.7 Å². The minimum absolute atomic E-state index is 0.0774. The Balaban J connectivity index is 1.56. The number of nitrogens with one attached hydrogen (secondary N) is 2. The van der Waals surface area contributed by atoms with E-state index in [1.54, 1.807) is 30.0 Å². The number of hydrogen-bond donors (Lipinski definition) is 2. The maximum absolute atomic E-state index is 12.6. The van der Waals surface area contributed by atoms with Crippen molar-refractivity contribution in [2.45, 2.75) is 63.1 Å². The standard InChI is InChI=1S/C20H28N4O5S/c1-13(21-17-15-7-5-6-8-16(15)30(27,28)23-17)18(25)22-14-9-11-24(12-10-14)19(26)29-20(2,3)4/h5-8,13-14H,9-12H2,1-4H3,(H,21,23)(H,22,25)/t13-/m0/s1. The van der Waals surface area contributed by atoms with Crippen LogP contribution in [0, 0.1) is 0 Å². The van der Waals surface area contributed by atoms with Crippen LogP contribution in [0.2, 0.25) is 0 Å². The molecule has 2 aliphatic rings. The third-order valence-electron chi connectivity index (χ3n) is 4.86. The number of hydrogen-bond acceptors (Lipinski definition) is 6. The molecule has 1 saturated heterocycles. The second-order valence-corrected chi connectivity index (χ2v) is 10.2. The Kier molecular flexibility index (Phi) is 6.07. The van der Waals surface area contributed by atoms with Gasteiger partial charge >= 0.3 is 6.09 Å². The van der Waals surface area contributed by atoms with Gasteiger partial charge in [0.05, 0.1) is 4.90 Å². The van der Waals surface area contributed by atoms with Gasteiger partial charge in [-0.05, 0) is 52.7 Å². The normalized spacial score (nSPS) is 20.9. The Bertz CT molecular complexity index is 960. The highest BCUT2D eigenvalue weighted by Crippen LogP contribution is 2.22. The highest BCUT2D eigenvalue weighted by molar-refractivity contribution is 7.90. The number of amides is 2. The first-order chi connectivity index (χ1) is 14.0. The lowest BCUT2D eigenvalue weighted by Crippen LogP contribution is -2.49. The molecular formula is C20H28N4O5S. The minimum Gasteiger partial charge on any atom is -0.444 e. The van der Waals surface area contributed by atoms with E-state index in [9.17, 15) is 18.0 Å². The maximum Gasteiger partial charge on any atom is 0.410 e. The van der Waals surface area contributed by atoms with Gasteiger partial charge in [0.15, 0.2) is 0 Å². The number of carbonyl (C=O) groups is 2. The number of fused-ring (bicyclic) bond motifs is 1. The highest BCUT2D eigenvalue weighted by Gasteiger charge is 2.32. The van der Waals surface area contributed by atoms with Gasteiger partial charge in [-0.2, -0.15) is 0 Å². The van der Waals surface area contributed by atoms with Crippen LogP contribution in [0.15, 0.2) is 34.2 Å². The fourth-order valence-corrected chi connectivity index (χ4v) is 4.58. The second kappa shape index (κ2) is 8.25. The summed E-state index contributed by atoms with van der Waals surface area (Å²) in [5, 5.41) is 2.94. The van der Waals surface area contributed by atoms with Crippen molar-refractivity contribution in [3.63, 3.8) is 0 Å². The van der Waals surface area contributed by atoms with Gasteiger partial charge in [-0.3, -0.25) is 14.5 Å². The van der Waals surface area contributed by atoms with Crippen LogP contribution in [0.1, 0.15) is 46.1 Å². The van der Waals surface area contributed by atoms with E-state index in [2.05, 4.69) is 15.0 Å². The number of benzene rings is 1. The number of rotatable bonds is 3. The number of amidine groups is 1. The number of carbonyl (C=O) groups excluding carboxylic acids is 2. The third-order valence-corrected chi connectivity index (χ3v) is 6.26. The molecule has 2 amide bonds. The van der Waals surface area contributed by atoms with Gasteiger partial charge in [-0.25, -0.2) is 13.2 Å². The molecule has 1 fully saturated rings. The Morgan fingerprint density at radius 3 is 2.50 bits per heavy atom. The van der Waals surface area contributed by atoms with E-state index >= 15 is 0 Å². The van der Waals surface area contributed by atoms with Crippen molar-refractivity contribution in [2.24, 2.45) is 4.99 Å². The average Bonchev–Trinajstić information content (AvgIpc) is 2.91. The zero-order valence-electron chi connectivity index (χ0n) is 17.6. The van der Waals surface area contributed by atoms with E-state index in [4.69, 9.17) is 4.74 Å². The largest absolute Gasteiger partial charge is 0.444 e. The first-order valence-electron chi connectivity index (χ1n) is 9.94. The fourth-order valence-electron chi connectivity index (χ4n) is 3.34. The van der Waals surface area contributed by atoms with Crippen LogP contribution >= 0.6 is 0 Å². The summed E-state index contributed by atoms with van der Waals surface area (Å²) in [4.78, 5) is 30.8. The predicted octanol–water partition coefficient (Wildman–Crippen LogP) is 1.63. The van der Waals surface area contributed by atoms with Crippen molar-refractivity contribution in [3.8, 4) is 0 Å². The van der Waals surface area contributed by atoms with Crippen molar-refractivity contribution in [2.75, 3.05) is 13.1 Å². The van der Waals surface area contributed by atoms with Crippen molar-refractivity contribution < 1.29 is 22.7 Å². The van der Waals surface area contributed by atoms with E-state index in [0.717, 1.165) is 0 Å². The van der Waals surface area contributed by atoms with E-state index < -0.39 is 21.7 Å². The summed E-state index contributed by atoms with van der Waals surface area (Å²) in [6.45, 7) is 8.08. The molecule has 0 unspecified atom stereocenters. The monoisotopic (exact) mass is 436 g/mol. The molecule has 0 aromatic heterocycles. The minimum atomic E-state index is -3.64. The van der Waals surface area contributed by atoms with E-state index in [1.807, 2.05) is 20.8 Å². The van der Waals surface area contributed by atoms with Crippen molar-refractivity contribution >= 4 is 27.9 Å². The van der Waals surface area contributed by atoms with Gasteiger partial charge in [0.25, 0.3) is 10.0 Å². The number of ether oxygens (including phenoxy) is 1. The van der Waals surface area contributed by atoms with Crippen LogP contribution < -0.4 is 10.0 Å². The zero-order chi connectivity index (χ0) is 22.1. The van der Waals surface area contributed by atoms with Crippen LogP contribution in [0.5, 0.6) is 0 Å². The smallest absolute Gasteiger partial charge is 0.410 e. The van der Waals surface area contributed by atoms with E-state index in [0.29, 0.717) is 31.5 Å². The number of nitrogens with zero attached hydrogens (tertiary/aromatic N) is 2. The SMILES string of the molecule is C[C@H](N=C1NS(=O)(=O)c2ccccc21)C(=O)NC1CCN(C(=O)OC(C)(C)C)CC1. The molecule has 0 radical (unpaired) electrons. The molecular weight excluding hydrogens is 408 g/mol. The van der Waals surface area contributed by atoms with Crippen LogP contribution in [-0.2, 0) is 19.6 Å². The molecule has 0 spiro atoms. The molecule has 2 N–H and O–H groups in total. The lowest BCUT2D eigenvalue weighted by Gasteiger charge is -2.33. The predicted molar refractivity (Wildman–Crippen MR) is 112 cm³/mol. The van der Waals surface area contributed by atoms with E-state index in [1.165, 1.54) is 6.07 Å². The van der Waals surface area contributed by atoms with Crippen molar-refractivity contribution in [1.82, 2.24) is 14.9 Å². The summed E-state index contributed by atoms with van der Waals surface area (Å²) in [6.07, 6.45) is 0.882. The Labute approximate surface area is 176 Å². The molecule has 30 heavy (non-hydrogen) atoms. The zero-order valence-corrected chi connectivity index (χ0v) is 18.5. The molecule has 0 bridgehead atoms. The number of piperidine rings is 1. The second-order valence-electron chi connectivity index (χ2n) is 8.51. The summed E-state index contributed by atoms with van der Waals surface area (Å²) >= 11 is 0. The quantitative estimate of drug-likeness (QED) is 0.747. The first-order valence-corrected chi connectivity index (χ1v) is 11.4. The van der Waals surface area contributed by atoms with Crippen LogP contribution in [0.25, 0.3) is 0 Å².